The number of benzene rings is 2. The SMILES string of the molecule is CC(O)COc1cc2ncnc(Nc3ccc4scnc4c3)c2cc1S(=O)(=O)C(C)(C)C. The fourth-order valence-electron chi connectivity index (χ4n) is 3.10. The summed E-state index contributed by atoms with van der Waals surface area (Å²) in [5.41, 5.74) is 3.94. The van der Waals surface area contributed by atoms with Gasteiger partial charge in [-0.05, 0) is 52.0 Å². The second-order valence-electron chi connectivity index (χ2n) is 8.47. The summed E-state index contributed by atoms with van der Waals surface area (Å²) in [4.78, 5) is 13.0. The number of anilines is 2. The number of hydrogen-bond donors (Lipinski definition) is 2. The van der Waals surface area contributed by atoms with Crippen LogP contribution in [0, 0.1) is 0 Å². The molecule has 4 aromatic rings. The number of ether oxygens (including phenoxy) is 1. The maximum Gasteiger partial charge on any atom is 0.186 e. The summed E-state index contributed by atoms with van der Waals surface area (Å²) in [5.74, 6) is 0.624. The smallest absolute Gasteiger partial charge is 0.186 e. The Balaban J connectivity index is 1.85. The first kappa shape index (κ1) is 22.4. The van der Waals surface area contributed by atoms with Crippen molar-refractivity contribution in [3.8, 4) is 5.75 Å². The van der Waals surface area contributed by atoms with Crippen molar-refractivity contribution in [3.05, 3.63) is 42.2 Å². The van der Waals surface area contributed by atoms with Gasteiger partial charge >= 0.3 is 0 Å². The molecule has 0 aliphatic rings. The fourth-order valence-corrected chi connectivity index (χ4v) is 5.07. The summed E-state index contributed by atoms with van der Waals surface area (Å²) < 4.78 is 32.4. The average Bonchev–Trinajstić information content (AvgIpc) is 3.19. The molecule has 1 atom stereocenters. The molecule has 0 spiro atoms. The van der Waals surface area contributed by atoms with E-state index in [9.17, 15) is 13.5 Å². The summed E-state index contributed by atoms with van der Waals surface area (Å²) >= 11 is 1.56. The van der Waals surface area contributed by atoms with E-state index in [1.807, 2.05) is 18.2 Å². The first-order valence-electron chi connectivity index (χ1n) is 10.0. The van der Waals surface area contributed by atoms with Crippen molar-refractivity contribution >= 4 is 53.8 Å². The third kappa shape index (κ3) is 4.25. The van der Waals surface area contributed by atoms with Crippen molar-refractivity contribution in [2.45, 2.75) is 43.4 Å². The number of aliphatic hydroxyl groups excluding tert-OH is 1. The van der Waals surface area contributed by atoms with E-state index in [1.165, 1.54) is 12.4 Å². The maximum atomic E-state index is 13.3. The molecule has 0 radical (unpaired) electrons. The van der Waals surface area contributed by atoms with Gasteiger partial charge in [0.25, 0.3) is 0 Å². The summed E-state index contributed by atoms with van der Waals surface area (Å²) in [6.07, 6.45) is 0.654. The van der Waals surface area contributed by atoms with Crippen LogP contribution in [0.1, 0.15) is 27.7 Å². The van der Waals surface area contributed by atoms with Crippen LogP contribution < -0.4 is 10.1 Å². The van der Waals surface area contributed by atoms with Gasteiger partial charge in [0.1, 0.15) is 29.4 Å². The summed E-state index contributed by atoms with van der Waals surface area (Å²) in [6, 6.07) is 8.91. The Hall–Kier alpha value is -2.82. The second kappa shape index (κ2) is 8.27. The predicted molar refractivity (Wildman–Crippen MR) is 127 cm³/mol. The molecule has 1 unspecified atom stereocenters. The van der Waals surface area contributed by atoms with Gasteiger partial charge in [-0.2, -0.15) is 0 Å². The lowest BCUT2D eigenvalue weighted by Crippen LogP contribution is -2.28. The Morgan fingerprint density at radius 3 is 2.62 bits per heavy atom. The predicted octanol–water partition coefficient (Wildman–Crippen LogP) is 4.31. The molecular formula is C22H24N4O4S2. The van der Waals surface area contributed by atoms with E-state index in [2.05, 4.69) is 20.3 Å². The Morgan fingerprint density at radius 2 is 1.91 bits per heavy atom. The van der Waals surface area contributed by atoms with Crippen LogP contribution in [-0.4, -0.2) is 45.9 Å². The fraction of sp³-hybridized carbons (Fsp3) is 0.318. The molecule has 2 heterocycles. The molecule has 2 N–H and O–H groups in total. The number of hydrogen-bond acceptors (Lipinski definition) is 9. The highest BCUT2D eigenvalue weighted by Gasteiger charge is 2.34. The minimum absolute atomic E-state index is 0.0333. The molecular weight excluding hydrogens is 448 g/mol. The van der Waals surface area contributed by atoms with Crippen LogP contribution in [-0.2, 0) is 9.84 Å². The zero-order valence-electron chi connectivity index (χ0n) is 18.2. The van der Waals surface area contributed by atoms with Crippen LogP contribution in [0.4, 0.5) is 11.5 Å². The summed E-state index contributed by atoms with van der Waals surface area (Å²) in [6.45, 7) is 6.43. The molecule has 2 aromatic heterocycles. The highest BCUT2D eigenvalue weighted by molar-refractivity contribution is 7.92. The summed E-state index contributed by atoms with van der Waals surface area (Å²) in [7, 11) is -3.76. The minimum Gasteiger partial charge on any atom is -0.489 e. The van der Waals surface area contributed by atoms with Crippen molar-refractivity contribution in [2.75, 3.05) is 11.9 Å². The van der Waals surface area contributed by atoms with Gasteiger partial charge in [0.2, 0.25) is 0 Å². The van der Waals surface area contributed by atoms with E-state index < -0.39 is 20.7 Å². The lowest BCUT2D eigenvalue weighted by atomic mass is 10.2. The molecule has 0 aliphatic heterocycles. The lowest BCUT2D eigenvalue weighted by molar-refractivity contribution is 0.121. The minimum atomic E-state index is -3.76. The van der Waals surface area contributed by atoms with Gasteiger partial charge in [0.05, 0.1) is 32.1 Å². The normalized spacial score (nSPS) is 13.4. The quantitative estimate of drug-likeness (QED) is 0.427. The number of nitrogens with one attached hydrogen (secondary N) is 1. The van der Waals surface area contributed by atoms with Gasteiger partial charge in [0, 0.05) is 17.1 Å². The van der Waals surface area contributed by atoms with Gasteiger partial charge < -0.3 is 15.2 Å². The molecule has 4 rings (SSSR count). The van der Waals surface area contributed by atoms with Crippen molar-refractivity contribution < 1.29 is 18.3 Å². The number of rotatable bonds is 6. The van der Waals surface area contributed by atoms with Crippen LogP contribution in [0.5, 0.6) is 5.75 Å². The zero-order valence-corrected chi connectivity index (χ0v) is 19.8. The molecule has 2 aromatic carbocycles. The lowest BCUT2D eigenvalue weighted by Gasteiger charge is -2.22. The first-order valence-corrected chi connectivity index (χ1v) is 12.4. The van der Waals surface area contributed by atoms with Gasteiger partial charge in [0.15, 0.2) is 9.84 Å². The van der Waals surface area contributed by atoms with E-state index in [0.717, 1.165) is 15.9 Å². The molecule has 0 fully saturated rings. The number of aromatic nitrogens is 3. The van der Waals surface area contributed by atoms with Crippen LogP contribution in [0.15, 0.2) is 47.1 Å². The number of thiazole rings is 1. The van der Waals surface area contributed by atoms with Crippen molar-refractivity contribution in [1.29, 1.82) is 0 Å². The molecule has 0 aliphatic carbocycles. The molecule has 10 heteroatoms. The van der Waals surface area contributed by atoms with Gasteiger partial charge in [-0.3, -0.25) is 0 Å². The second-order valence-corrected chi connectivity index (χ2v) is 12.0. The van der Waals surface area contributed by atoms with Crippen molar-refractivity contribution in [3.63, 3.8) is 0 Å². The van der Waals surface area contributed by atoms with Gasteiger partial charge in [-0.15, -0.1) is 11.3 Å². The third-order valence-corrected chi connectivity index (χ3v) is 8.19. The molecule has 32 heavy (non-hydrogen) atoms. The third-order valence-electron chi connectivity index (χ3n) is 4.87. The molecule has 8 nitrogen and oxygen atoms in total. The summed E-state index contributed by atoms with van der Waals surface area (Å²) in [5, 5.41) is 13.4. The number of sulfone groups is 1. The van der Waals surface area contributed by atoms with Crippen LogP contribution >= 0.6 is 11.3 Å². The molecule has 0 saturated heterocycles. The first-order chi connectivity index (χ1) is 15.1. The van der Waals surface area contributed by atoms with Gasteiger partial charge in [-0.25, -0.2) is 23.4 Å². The number of nitrogens with zero attached hydrogens (tertiary/aromatic N) is 3. The van der Waals surface area contributed by atoms with Gasteiger partial charge in [-0.1, -0.05) is 0 Å². The standard InChI is InChI=1S/C22H24N4O4S2/c1-13(27)10-30-18-9-16-15(8-20(18)32(28,29)22(2,3)4)21(24-11-23-16)26-14-5-6-19-17(7-14)25-12-31-19/h5-9,11-13,27H,10H2,1-4H3,(H,23,24,26). The van der Waals surface area contributed by atoms with E-state index in [4.69, 9.17) is 4.74 Å². The molecule has 0 amide bonds. The van der Waals surface area contributed by atoms with E-state index >= 15 is 0 Å². The Morgan fingerprint density at radius 1 is 1.12 bits per heavy atom. The topological polar surface area (TPSA) is 114 Å². The monoisotopic (exact) mass is 472 g/mol. The van der Waals surface area contributed by atoms with E-state index in [0.29, 0.717) is 16.7 Å². The largest absolute Gasteiger partial charge is 0.489 e. The Bertz CT molecular complexity index is 1390. The van der Waals surface area contributed by atoms with Crippen LogP contribution in [0.25, 0.3) is 21.1 Å². The number of aliphatic hydroxyl groups is 1. The van der Waals surface area contributed by atoms with Crippen LogP contribution in [0.2, 0.25) is 0 Å². The highest BCUT2D eigenvalue weighted by atomic mass is 32.2. The average molecular weight is 473 g/mol. The zero-order chi connectivity index (χ0) is 23.1. The molecule has 0 saturated carbocycles. The maximum absolute atomic E-state index is 13.3. The van der Waals surface area contributed by atoms with Crippen molar-refractivity contribution in [1.82, 2.24) is 15.0 Å². The highest BCUT2D eigenvalue weighted by Crippen LogP contribution is 2.37. The van der Waals surface area contributed by atoms with E-state index in [1.54, 1.807) is 50.6 Å². The molecule has 0 bridgehead atoms. The van der Waals surface area contributed by atoms with Crippen LogP contribution in [0.3, 0.4) is 0 Å². The van der Waals surface area contributed by atoms with E-state index in [-0.39, 0.29) is 17.3 Å². The Labute approximate surface area is 190 Å². The number of fused-ring (bicyclic) bond motifs is 2. The molecule has 168 valence electrons. The Kier molecular flexibility index (Phi) is 5.78. The van der Waals surface area contributed by atoms with Crippen molar-refractivity contribution in [2.24, 2.45) is 0 Å².